The molecule has 0 spiro atoms. The molecule has 1 aliphatic heterocycles. The molecular formula is C10H18N4O4. The molecule has 1 saturated heterocycles. The van der Waals surface area contributed by atoms with Crippen molar-refractivity contribution in [3.05, 3.63) is 0 Å². The van der Waals surface area contributed by atoms with Crippen molar-refractivity contribution < 1.29 is 19.8 Å². The van der Waals surface area contributed by atoms with Crippen LogP contribution < -0.4 is 11.5 Å². The van der Waals surface area contributed by atoms with E-state index in [0.717, 1.165) is 0 Å². The molecule has 1 rings (SSSR count). The number of aliphatic carboxylic acids is 1. The van der Waals surface area contributed by atoms with Gasteiger partial charge >= 0.3 is 5.97 Å². The van der Waals surface area contributed by atoms with Crippen molar-refractivity contribution in [1.29, 1.82) is 0 Å². The second-order valence-corrected chi connectivity index (χ2v) is 4.19. The minimum absolute atomic E-state index is 0.0557. The largest absolute Gasteiger partial charge is 0.480 e. The molecule has 0 aromatic carbocycles. The fraction of sp³-hybridized carbons (Fsp3) is 0.700. The van der Waals surface area contributed by atoms with Crippen molar-refractivity contribution in [2.45, 2.75) is 31.4 Å². The van der Waals surface area contributed by atoms with Crippen molar-refractivity contribution in [3.63, 3.8) is 0 Å². The number of hydrogen-bond donors (Lipinski definition) is 4. The zero-order chi connectivity index (χ0) is 13.7. The number of carboxylic acid groups (broad SMARTS) is 1. The zero-order valence-electron chi connectivity index (χ0n) is 9.95. The van der Waals surface area contributed by atoms with Crippen LogP contribution in [0.25, 0.3) is 0 Å². The predicted molar refractivity (Wildman–Crippen MR) is 63.7 cm³/mol. The summed E-state index contributed by atoms with van der Waals surface area (Å²) in [6, 6.07) is -0.906. The van der Waals surface area contributed by atoms with E-state index in [1.54, 1.807) is 0 Å². The number of nitrogens with two attached hydrogens (primary N) is 2. The van der Waals surface area contributed by atoms with Crippen molar-refractivity contribution in [3.8, 4) is 0 Å². The number of carbonyl (C=O) groups excluding carboxylic acids is 1. The molecule has 2 atom stereocenters. The van der Waals surface area contributed by atoms with Crippen LogP contribution in [-0.4, -0.2) is 58.2 Å². The Morgan fingerprint density at radius 1 is 1.61 bits per heavy atom. The van der Waals surface area contributed by atoms with Gasteiger partial charge in [0, 0.05) is 6.54 Å². The highest BCUT2D eigenvalue weighted by Gasteiger charge is 2.30. The standard InChI is InChI=1S/C10H18N4O4/c11-7(9(17)18)2-1-3-13-10(12)14-5-6(15)4-8(14)16/h6-7,15H,1-5,11H2,(H2,12,13)(H,17,18). The van der Waals surface area contributed by atoms with Gasteiger partial charge < -0.3 is 21.7 Å². The lowest BCUT2D eigenvalue weighted by Gasteiger charge is -2.14. The van der Waals surface area contributed by atoms with Crippen LogP contribution in [0.3, 0.4) is 0 Å². The van der Waals surface area contributed by atoms with Crippen LogP contribution >= 0.6 is 0 Å². The van der Waals surface area contributed by atoms with E-state index in [1.807, 2.05) is 0 Å². The monoisotopic (exact) mass is 258 g/mol. The van der Waals surface area contributed by atoms with Crippen molar-refractivity contribution in [2.24, 2.45) is 16.5 Å². The molecule has 0 aliphatic carbocycles. The first-order valence-corrected chi connectivity index (χ1v) is 5.68. The van der Waals surface area contributed by atoms with Gasteiger partial charge in [0.25, 0.3) is 0 Å². The number of aliphatic hydroxyl groups excluding tert-OH is 1. The number of carboxylic acids is 1. The summed E-state index contributed by atoms with van der Waals surface area (Å²) >= 11 is 0. The lowest BCUT2D eigenvalue weighted by molar-refractivity contribution is -0.138. The van der Waals surface area contributed by atoms with Crippen LogP contribution in [0.2, 0.25) is 0 Å². The summed E-state index contributed by atoms with van der Waals surface area (Å²) in [6.45, 7) is 0.454. The van der Waals surface area contributed by atoms with Gasteiger partial charge in [-0.25, -0.2) is 0 Å². The van der Waals surface area contributed by atoms with Gasteiger partial charge in [0.15, 0.2) is 5.96 Å². The molecule has 1 fully saturated rings. The summed E-state index contributed by atoms with van der Waals surface area (Å²) in [5.41, 5.74) is 10.9. The van der Waals surface area contributed by atoms with E-state index < -0.39 is 18.1 Å². The average Bonchev–Trinajstić information content (AvgIpc) is 2.63. The normalized spacial score (nSPS) is 22.3. The van der Waals surface area contributed by atoms with Gasteiger partial charge in [-0.05, 0) is 12.8 Å². The maximum Gasteiger partial charge on any atom is 0.320 e. The number of amides is 1. The van der Waals surface area contributed by atoms with Gasteiger partial charge in [-0.2, -0.15) is 0 Å². The number of aliphatic hydroxyl groups is 1. The number of rotatable bonds is 5. The molecule has 6 N–H and O–H groups in total. The Kier molecular flexibility index (Phi) is 5.05. The first-order chi connectivity index (χ1) is 8.41. The molecule has 2 unspecified atom stereocenters. The predicted octanol–water partition coefficient (Wildman–Crippen LogP) is -1.91. The topological polar surface area (TPSA) is 142 Å². The molecule has 0 radical (unpaired) electrons. The second kappa shape index (κ2) is 6.31. The first kappa shape index (κ1) is 14.4. The van der Waals surface area contributed by atoms with Crippen LogP contribution in [0, 0.1) is 0 Å². The summed E-state index contributed by atoms with van der Waals surface area (Å²) < 4.78 is 0. The summed E-state index contributed by atoms with van der Waals surface area (Å²) in [4.78, 5) is 27.0. The van der Waals surface area contributed by atoms with Crippen LogP contribution in [0.1, 0.15) is 19.3 Å². The third kappa shape index (κ3) is 3.97. The molecule has 1 aliphatic rings. The zero-order valence-corrected chi connectivity index (χ0v) is 9.95. The second-order valence-electron chi connectivity index (χ2n) is 4.19. The van der Waals surface area contributed by atoms with Crippen LogP contribution in [0.5, 0.6) is 0 Å². The lowest BCUT2D eigenvalue weighted by atomic mass is 10.2. The fourth-order valence-corrected chi connectivity index (χ4v) is 1.62. The molecule has 18 heavy (non-hydrogen) atoms. The smallest absolute Gasteiger partial charge is 0.320 e. The van der Waals surface area contributed by atoms with Gasteiger partial charge in [-0.3, -0.25) is 19.5 Å². The molecular weight excluding hydrogens is 240 g/mol. The van der Waals surface area contributed by atoms with E-state index in [1.165, 1.54) is 4.90 Å². The van der Waals surface area contributed by atoms with Gasteiger partial charge in [-0.1, -0.05) is 0 Å². The van der Waals surface area contributed by atoms with Crippen molar-refractivity contribution >= 4 is 17.8 Å². The highest BCUT2D eigenvalue weighted by molar-refractivity contribution is 5.97. The Morgan fingerprint density at radius 3 is 2.78 bits per heavy atom. The van der Waals surface area contributed by atoms with Crippen molar-refractivity contribution in [2.75, 3.05) is 13.1 Å². The number of likely N-dealkylation sites (tertiary alicyclic amines) is 1. The van der Waals surface area contributed by atoms with Crippen LogP contribution in [0.15, 0.2) is 4.99 Å². The molecule has 8 nitrogen and oxygen atoms in total. The Hall–Kier alpha value is -1.67. The molecule has 0 aromatic heterocycles. The maximum atomic E-state index is 11.4. The molecule has 102 valence electrons. The number of β-amino-alcohol motifs (C(OH)–C–C–N with tert-alkyl or cyclic N) is 1. The minimum atomic E-state index is -1.05. The van der Waals surface area contributed by atoms with Gasteiger partial charge in [0.1, 0.15) is 6.04 Å². The minimum Gasteiger partial charge on any atom is -0.480 e. The van der Waals surface area contributed by atoms with E-state index in [4.69, 9.17) is 16.6 Å². The van der Waals surface area contributed by atoms with E-state index >= 15 is 0 Å². The van der Waals surface area contributed by atoms with Crippen LogP contribution in [0.4, 0.5) is 0 Å². The lowest BCUT2D eigenvalue weighted by Crippen LogP contribution is -2.39. The number of aliphatic imine (C=N–C) groups is 1. The summed E-state index contributed by atoms with van der Waals surface area (Å²) in [7, 11) is 0. The Balaban J connectivity index is 2.34. The molecule has 1 amide bonds. The highest BCUT2D eigenvalue weighted by atomic mass is 16.4. The van der Waals surface area contributed by atoms with E-state index in [2.05, 4.69) is 4.99 Å². The summed E-state index contributed by atoms with van der Waals surface area (Å²) in [6.07, 6.45) is 0.119. The highest BCUT2D eigenvalue weighted by Crippen LogP contribution is 2.10. The van der Waals surface area contributed by atoms with Crippen LogP contribution in [-0.2, 0) is 9.59 Å². The maximum absolute atomic E-state index is 11.4. The van der Waals surface area contributed by atoms with E-state index in [-0.39, 0.29) is 24.8 Å². The van der Waals surface area contributed by atoms with Gasteiger partial charge in [0.2, 0.25) is 5.91 Å². The quantitative estimate of drug-likeness (QED) is 0.257. The Bertz CT molecular complexity index is 358. The van der Waals surface area contributed by atoms with Crippen molar-refractivity contribution in [1.82, 2.24) is 4.90 Å². The molecule has 0 bridgehead atoms. The Labute approximate surface area is 104 Å². The third-order valence-electron chi connectivity index (χ3n) is 2.65. The summed E-state index contributed by atoms with van der Waals surface area (Å²) in [5.74, 6) is -1.25. The van der Waals surface area contributed by atoms with Gasteiger partial charge in [-0.15, -0.1) is 0 Å². The number of carbonyl (C=O) groups is 2. The number of guanidine groups is 1. The number of hydrogen-bond acceptors (Lipinski definition) is 5. The van der Waals surface area contributed by atoms with E-state index in [9.17, 15) is 14.7 Å². The Morgan fingerprint density at radius 2 is 2.28 bits per heavy atom. The average molecular weight is 258 g/mol. The van der Waals surface area contributed by atoms with E-state index in [0.29, 0.717) is 19.4 Å². The molecule has 1 heterocycles. The number of nitrogens with zero attached hydrogens (tertiary/aromatic N) is 2. The van der Waals surface area contributed by atoms with Gasteiger partial charge in [0.05, 0.1) is 19.1 Å². The third-order valence-corrected chi connectivity index (χ3v) is 2.65. The molecule has 8 heteroatoms. The SMILES string of the molecule is NC(=NCCCC(N)C(=O)O)N1CC(O)CC1=O. The fourth-order valence-electron chi connectivity index (χ4n) is 1.62. The molecule has 0 saturated carbocycles. The molecule has 0 aromatic rings. The summed E-state index contributed by atoms with van der Waals surface area (Å²) in [5, 5.41) is 17.8. The first-order valence-electron chi connectivity index (χ1n) is 5.68.